The van der Waals surface area contributed by atoms with E-state index < -0.39 is 0 Å². The average molecular weight is 814 g/mol. The minimum Gasteiger partial charge on any atom is -0.378 e. The van der Waals surface area contributed by atoms with Gasteiger partial charge in [0.25, 0.3) is 0 Å². The highest BCUT2D eigenvalue weighted by Gasteiger charge is 2.23. The summed E-state index contributed by atoms with van der Waals surface area (Å²) in [5, 5.41) is 0. The summed E-state index contributed by atoms with van der Waals surface area (Å²) in [6.07, 6.45) is 0. The molecule has 3 heterocycles. The highest BCUT2D eigenvalue weighted by Crippen LogP contribution is 2.31. The van der Waals surface area contributed by atoms with Crippen molar-refractivity contribution < 1.29 is 56.8 Å². The van der Waals surface area contributed by atoms with Gasteiger partial charge in [0, 0.05) is 58.9 Å². The van der Waals surface area contributed by atoms with Crippen LogP contribution in [0.4, 0.5) is 0 Å². The molecule has 0 spiro atoms. The van der Waals surface area contributed by atoms with Gasteiger partial charge in [-0.2, -0.15) is 0 Å². The first kappa shape index (κ1) is 48.3. The molecule has 0 atom stereocenters. The van der Waals surface area contributed by atoms with Crippen molar-refractivity contribution >= 4 is 0 Å². The zero-order chi connectivity index (χ0) is 40.0. The number of nitrogens with zero attached hydrogens (tertiary/aromatic N) is 3. The van der Waals surface area contributed by atoms with Crippen LogP contribution in [0.25, 0.3) is 0 Å². The van der Waals surface area contributed by atoms with Gasteiger partial charge in [0.15, 0.2) is 0 Å². The Hall–Kier alpha value is -1.38. The third kappa shape index (κ3) is 20.6. The van der Waals surface area contributed by atoms with Crippen molar-refractivity contribution in [3.8, 4) is 0 Å². The van der Waals surface area contributed by atoms with Crippen molar-refractivity contribution in [2.45, 2.75) is 40.4 Å². The molecule has 0 aromatic heterocycles. The summed E-state index contributed by atoms with van der Waals surface area (Å²) in [7, 11) is 0. The van der Waals surface area contributed by atoms with E-state index in [0.717, 1.165) is 58.9 Å². The van der Waals surface area contributed by atoms with Crippen molar-refractivity contribution in [1.29, 1.82) is 0 Å². The topological polar surface area (TPSA) is 120 Å². The van der Waals surface area contributed by atoms with E-state index in [1.54, 1.807) is 0 Å². The molecule has 0 amide bonds. The molecule has 15 heteroatoms. The summed E-state index contributed by atoms with van der Waals surface area (Å²) in [6, 6.07) is 0. The molecular formula is C42H75N3O12. The maximum atomic E-state index is 6.02. The van der Waals surface area contributed by atoms with Crippen LogP contribution in [0.15, 0.2) is 0 Å². The lowest BCUT2D eigenvalue weighted by atomic mass is 9.87. The van der Waals surface area contributed by atoms with E-state index in [-0.39, 0.29) is 0 Å². The van der Waals surface area contributed by atoms with Gasteiger partial charge in [0.05, 0.1) is 159 Å². The van der Waals surface area contributed by atoms with Crippen LogP contribution in [0, 0.1) is 20.8 Å². The fourth-order valence-electron chi connectivity index (χ4n) is 7.03. The molecule has 0 unspecified atom stereocenters. The van der Waals surface area contributed by atoms with E-state index >= 15 is 0 Å². The summed E-state index contributed by atoms with van der Waals surface area (Å²) < 4.78 is 70.2. The van der Waals surface area contributed by atoms with E-state index in [1.165, 1.54) is 33.4 Å². The van der Waals surface area contributed by atoms with Gasteiger partial charge in [-0.15, -0.1) is 0 Å². The molecule has 57 heavy (non-hydrogen) atoms. The highest BCUT2D eigenvalue weighted by molar-refractivity contribution is 5.50. The molecule has 3 aliphatic heterocycles. The lowest BCUT2D eigenvalue weighted by Gasteiger charge is -2.32. The largest absolute Gasteiger partial charge is 0.378 e. The first-order chi connectivity index (χ1) is 28.1. The van der Waals surface area contributed by atoms with Crippen molar-refractivity contribution in [2.24, 2.45) is 0 Å². The highest BCUT2D eigenvalue weighted by atomic mass is 16.6. The van der Waals surface area contributed by atoms with Crippen molar-refractivity contribution in [3.63, 3.8) is 0 Å². The van der Waals surface area contributed by atoms with E-state index in [0.29, 0.717) is 159 Å². The number of hydrogen-bond acceptors (Lipinski definition) is 15. The summed E-state index contributed by atoms with van der Waals surface area (Å²) in [4.78, 5) is 7.39. The Kier molecular flexibility index (Phi) is 26.7. The molecule has 0 aliphatic carbocycles. The Bertz CT molecular complexity index is 961. The number of benzene rings is 1. The zero-order valence-electron chi connectivity index (χ0n) is 35.6. The predicted molar refractivity (Wildman–Crippen MR) is 216 cm³/mol. The van der Waals surface area contributed by atoms with E-state index in [2.05, 4.69) is 35.5 Å². The maximum absolute atomic E-state index is 6.02. The van der Waals surface area contributed by atoms with Crippen LogP contribution in [-0.2, 0) is 76.5 Å². The van der Waals surface area contributed by atoms with E-state index in [9.17, 15) is 0 Å². The van der Waals surface area contributed by atoms with Crippen molar-refractivity contribution in [1.82, 2.24) is 14.7 Å². The molecule has 1 aromatic rings. The first-order valence-corrected chi connectivity index (χ1v) is 21.3. The minimum absolute atomic E-state index is 0.561. The Morgan fingerprint density at radius 3 is 0.544 bits per heavy atom. The monoisotopic (exact) mass is 814 g/mol. The number of rotatable bonds is 6. The summed E-state index contributed by atoms with van der Waals surface area (Å²) in [5.41, 5.74) is 8.06. The molecular weight excluding hydrogens is 738 g/mol. The third-order valence-corrected chi connectivity index (χ3v) is 10.5. The zero-order valence-corrected chi connectivity index (χ0v) is 35.6. The second kappa shape index (κ2) is 31.5. The van der Waals surface area contributed by atoms with Gasteiger partial charge in [-0.05, 0) is 54.2 Å². The lowest BCUT2D eigenvalue weighted by molar-refractivity contribution is 0.00206. The molecule has 1 aromatic carbocycles. The van der Waals surface area contributed by atoms with Crippen molar-refractivity contribution in [2.75, 3.05) is 198 Å². The third-order valence-electron chi connectivity index (χ3n) is 10.5. The predicted octanol–water partition coefficient (Wildman–Crippen LogP) is 2.26. The van der Waals surface area contributed by atoms with Gasteiger partial charge in [0.1, 0.15) is 0 Å². The van der Waals surface area contributed by atoms with Gasteiger partial charge in [0.2, 0.25) is 0 Å². The molecule has 0 saturated carbocycles. The maximum Gasteiger partial charge on any atom is 0.0701 e. The molecule has 330 valence electrons. The molecule has 3 saturated heterocycles. The van der Waals surface area contributed by atoms with Crippen LogP contribution >= 0.6 is 0 Å². The molecule has 3 fully saturated rings. The number of ether oxygens (including phenoxy) is 12. The van der Waals surface area contributed by atoms with E-state index in [1.807, 2.05) is 0 Å². The summed E-state index contributed by atoms with van der Waals surface area (Å²) in [6.45, 7) is 27.9. The summed E-state index contributed by atoms with van der Waals surface area (Å²) >= 11 is 0. The standard InChI is InChI=1S/C42H75N3O12/c1-37-40(34-43-4-10-46-16-22-52-28-29-53-23-17-47-11-5-43)38(2)42(36-45-8-14-50-20-26-56-32-33-57-27-21-51-15-9-45)39(3)41(37)35-44-6-12-48-18-24-54-30-31-55-25-19-49-13-7-44/h4-36H2,1-3H3. The smallest absolute Gasteiger partial charge is 0.0701 e. The summed E-state index contributed by atoms with van der Waals surface area (Å²) in [5.74, 6) is 0. The Morgan fingerprint density at radius 1 is 0.246 bits per heavy atom. The lowest BCUT2D eigenvalue weighted by Crippen LogP contribution is -2.35. The quantitative estimate of drug-likeness (QED) is 0.418. The van der Waals surface area contributed by atoms with Crippen LogP contribution in [0.3, 0.4) is 0 Å². The number of hydrogen-bond donors (Lipinski definition) is 0. The average Bonchev–Trinajstić information content (AvgIpc) is 3.24. The second-order valence-corrected chi connectivity index (χ2v) is 14.5. The van der Waals surface area contributed by atoms with Crippen LogP contribution in [-0.4, -0.2) is 213 Å². The van der Waals surface area contributed by atoms with Crippen LogP contribution in [0.1, 0.15) is 33.4 Å². The first-order valence-electron chi connectivity index (χ1n) is 21.3. The van der Waals surface area contributed by atoms with Gasteiger partial charge >= 0.3 is 0 Å². The van der Waals surface area contributed by atoms with Crippen LogP contribution in [0.2, 0.25) is 0 Å². The second-order valence-electron chi connectivity index (χ2n) is 14.5. The Balaban J connectivity index is 1.60. The Morgan fingerprint density at radius 2 is 0.386 bits per heavy atom. The molecule has 0 radical (unpaired) electrons. The van der Waals surface area contributed by atoms with Gasteiger partial charge in [-0.3, -0.25) is 14.7 Å². The van der Waals surface area contributed by atoms with Crippen LogP contribution in [0.5, 0.6) is 0 Å². The SMILES string of the molecule is Cc1c(CN2CCOCCOCCOCCOCC2)c(C)c(CN2CCOCCOCCOCCOCC2)c(C)c1CN1CCOCCOCCOCCOCC1. The van der Waals surface area contributed by atoms with Crippen LogP contribution < -0.4 is 0 Å². The Labute approximate surface area is 342 Å². The molecule has 4 rings (SSSR count). The minimum atomic E-state index is 0.561. The van der Waals surface area contributed by atoms with Gasteiger partial charge < -0.3 is 56.8 Å². The molecule has 0 N–H and O–H groups in total. The van der Waals surface area contributed by atoms with Gasteiger partial charge in [-0.25, -0.2) is 0 Å². The molecule has 0 bridgehead atoms. The normalized spacial score (nSPS) is 23.2. The van der Waals surface area contributed by atoms with Crippen molar-refractivity contribution in [3.05, 3.63) is 33.4 Å². The molecule has 3 aliphatic rings. The fraction of sp³-hybridized carbons (Fsp3) is 0.857. The van der Waals surface area contributed by atoms with E-state index in [4.69, 9.17) is 56.8 Å². The fourth-order valence-corrected chi connectivity index (χ4v) is 7.03. The van der Waals surface area contributed by atoms with Gasteiger partial charge in [-0.1, -0.05) is 0 Å². The molecule has 15 nitrogen and oxygen atoms in total.